The highest BCUT2D eigenvalue weighted by atomic mass is 19.2. The van der Waals surface area contributed by atoms with E-state index in [1.165, 1.54) is 17.0 Å². The summed E-state index contributed by atoms with van der Waals surface area (Å²) in [5.74, 6) is -3.76. The number of carbonyl (C=O) groups is 2. The molecule has 0 spiro atoms. The molecule has 0 bridgehead atoms. The van der Waals surface area contributed by atoms with E-state index in [-0.39, 0.29) is 12.2 Å². The van der Waals surface area contributed by atoms with Crippen LogP contribution in [0.15, 0.2) is 18.2 Å². The normalized spacial score (nSPS) is 18.7. The van der Waals surface area contributed by atoms with Gasteiger partial charge in [0.15, 0.2) is 11.6 Å². The third-order valence-electron chi connectivity index (χ3n) is 3.25. The molecule has 20 heavy (non-hydrogen) atoms. The summed E-state index contributed by atoms with van der Waals surface area (Å²) in [6.45, 7) is 0.463. The van der Waals surface area contributed by atoms with Crippen LogP contribution in [0.5, 0.6) is 0 Å². The number of carboxylic acid groups (broad SMARTS) is 1. The molecule has 2 N–H and O–H groups in total. The maximum atomic E-state index is 13.4. The number of aliphatic carboxylic acids is 1. The molecule has 0 aromatic heterocycles. The molecule has 1 saturated heterocycles. The molecule has 7 heteroatoms. The highest BCUT2D eigenvalue weighted by molar-refractivity contribution is 5.89. The van der Waals surface area contributed by atoms with E-state index in [9.17, 15) is 18.4 Å². The van der Waals surface area contributed by atoms with Crippen LogP contribution in [-0.2, 0) is 4.79 Å². The second kappa shape index (κ2) is 5.85. The van der Waals surface area contributed by atoms with Crippen LogP contribution in [0.4, 0.5) is 19.3 Å². The molecule has 0 unspecified atom stereocenters. The molecule has 1 aliphatic heterocycles. The van der Waals surface area contributed by atoms with E-state index < -0.39 is 29.6 Å². The molecule has 2 amide bonds. The van der Waals surface area contributed by atoms with Crippen molar-refractivity contribution in [2.75, 3.05) is 18.4 Å². The zero-order valence-corrected chi connectivity index (χ0v) is 10.6. The van der Waals surface area contributed by atoms with Crippen molar-refractivity contribution in [3.05, 3.63) is 29.8 Å². The highest BCUT2D eigenvalue weighted by Gasteiger charge is 2.28. The summed E-state index contributed by atoms with van der Waals surface area (Å²) in [6, 6.07) is 2.85. The van der Waals surface area contributed by atoms with Gasteiger partial charge in [0.05, 0.1) is 11.6 Å². The molecular formula is C13H14F2N2O3. The van der Waals surface area contributed by atoms with Gasteiger partial charge in [0.1, 0.15) is 0 Å². The number of carboxylic acids is 1. The summed E-state index contributed by atoms with van der Waals surface area (Å²) in [7, 11) is 0. The molecule has 0 radical (unpaired) electrons. The molecule has 1 heterocycles. The predicted octanol–water partition coefficient (Wildman–Crippen LogP) is 2.29. The van der Waals surface area contributed by atoms with E-state index in [4.69, 9.17) is 5.11 Å². The average Bonchev–Trinajstić information content (AvgIpc) is 2.44. The lowest BCUT2D eigenvalue weighted by Crippen LogP contribution is -2.44. The number of anilines is 1. The van der Waals surface area contributed by atoms with Gasteiger partial charge in [-0.05, 0) is 25.0 Å². The van der Waals surface area contributed by atoms with Gasteiger partial charge in [0.2, 0.25) is 0 Å². The van der Waals surface area contributed by atoms with E-state index in [2.05, 4.69) is 5.32 Å². The lowest BCUT2D eigenvalue weighted by Gasteiger charge is -2.30. The first-order valence-corrected chi connectivity index (χ1v) is 6.22. The Kier molecular flexibility index (Phi) is 4.16. The van der Waals surface area contributed by atoms with Crippen molar-refractivity contribution < 1.29 is 23.5 Å². The number of piperidine rings is 1. The fourth-order valence-electron chi connectivity index (χ4n) is 2.16. The van der Waals surface area contributed by atoms with Gasteiger partial charge in [-0.2, -0.15) is 0 Å². The molecule has 1 fully saturated rings. The molecule has 5 nitrogen and oxygen atoms in total. The monoisotopic (exact) mass is 284 g/mol. The first kappa shape index (κ1) is 14.2. The van der Waals surface area contributed by atoms with Gasteiger partial charge in [0, 0.05) is 13.1 Å². The number of carbonyl (C=O) groups excluding carboxylic acids is 1. The third kappa shape index (κ3) is 3.04. The lowest BCUT2D eigenvalue weighted by atomic mass is 9.99. The number of benzene rings is 1. The van der Waals surface area contributed by atoms with Crippen LogP contribution in [0.1, 0.15) is 12.8 Å². The van der Waals surface area contributed by atoms with Crippen LogP contribution in [0.25, 0.3) is 0 Å². The topological polar surface area (TPSA) is 69.6 Å². The smallest absolute Gasteiger partial charge is 0.321 e. The number of nitrogens with zero attached hydrogens (tertiary/aromatic N) is 1. The second-order valence-corrected chi connectivity index (χ2v) is 4.65. The largest absolute Gasteiger partial charge is 0.481 e. The van der Waals surface area contributed by atoms with Gasteiger partial charge in [0.25, 0.3) is 0 Å². The summed E-state index contributed by atoms with van der Waals surface area (Å²) < 4.78 is 26.5. The minimum absolute atomic E-state index is 0.0676. The van der Waals surface area contributed by atoms with Crippen LogP contribution in [-0.4, -0.2) is 35.1 Å². The number of nitrogens with one attached hydrogen (secondary N) is 1. The summed E-state index contributed by atoms with van der Waals surface area (Å²) in [5, 5.41) is 11.2. The van der Waals surface area contributed by atoms with Gasteiger partial charge in [-0.15, -0.1) is 0 Å². The van der Waals surface area contributed by atoms with Crippen molar-refractivity contribution in [1.29, 1.82) is 0 Å². The maximum Gasteiger partial charge on any atom is 0.321 e. The zero-order valence-electron chi connectivity index (χ0n) is 10.6. The SMILES string of the molecule is O=C(O)[C@H]1CCCN(C(=O)Nc2cccc(F)c2F)C1. The quantitative estimate of drug-likeness (QED) is 0.875. The zero-order chi connectivity index (χ0) is 14.7. The number of likely N-dealkylation sites (tertiary alicyclic amines) is 1. The second-order valence-electron chi connectivity index (χ2n) is 4.65. The standard InChI is InChI=1S/C13H14F2N2O3/c14-9-4-1-5-10(11(9)15)16-13(20)17-6-2-3-8(7-17)12(18)19/h1,4-5,8H,2-3,6-7H2,(H,16,20)(H,18,19)/t8-/m0/s1. The number of rotatable bonds is 2. The van der Waals surface area contributed by atoms with Crippen LogP contribution in [0.3, 0.4) is 0 Å². The van der Waals surface area contributed by atoms with Crippen LogP contribution < -0.4 is 5.32 Å². The molecule has 1 atom stereocenters. The lowest BCUT2D eigenvalue weighted by molar-refractivity contribution is -0.143. The Hall–Kier alpha value is -2.18. The Labute approximate surface area is 114 Å². The third-order valence-corrected chi connectivity index (χ3v) is 3.25. The number of urea groups is 1. The number of hydrogen-bond acceptors (Lipinski definition) is 2. The van der Waals surface area contributed by atoms with Crippen molar-refractivity contribution in [2.24, 2.45) is 5.92 Å². The Balaban J connectivity index is 2.04. The molecule has 1 aromatic rings. The molecule has 1 aliphatic rings. The molecule has 2 rings (SSSR count). The number of hydrogen-bond donors (Lipinski definition) is 2. The minimum Gasteiger partial charge on any atom is -0.481 e. The van der Waals surface area contributed by atoms with E-state index in [1.54, 1.807) is 0 Å². The summed E-state index contributed by atoms with van der Waals surface area (Å²) in [6.07, 6.45) is 1.07. The van der Waals surface area contributed by atoms with Gasteiger partial charge >= 0.3 is 12.0 Å². The minimum atomic E-state index is -1.13. The van der Waals surface area contributed by atoms with Crippen molar-refractivity contribution in [3.8, 4) is 0 Å². The Morgan fingerprint density at radius 3 is 2.80 bits per heavy atom. The average molecular weight is 284 g/mol. The summed E-state index contributed by atoms with van der Waals surface area (Å²) >= 11 is 0. The van der Waals surface area contributed by atoms with E-state index in [0.29, 0.717) is 19.4 Å². The fraction of sp³-hybridized carbons (Fsp3) is 0.385. The fourth-order valence-corrected chi connectivity index (χ4v) is 2.16. The van der Waals surface area contributed by atoms with Gasteiger partial charge < -0.3 is 15.3 Å². The number of halogens is 2. The Bertz CT molecular complexity index is 536. The molecule has 108 valence electrons. The first-order valence-electron chi connectivity index (χ1n) is 6.22. The molecule has 0 saturated carbocycles. The van der Waals surface area contributed by atoms with Gasteiger partial charge in [-0.1, -0.05) is 6.07 Å². The first-order chi connectivity index (χ1) is 9.49. The Morgan fingerprint density at radius 1 is 1.35 bits per heavy atom. The van der Waals surface area contributed by atoms with Crippen molar-refractivity contribution in [2.45, 2.75) is 12.8 Å². The van der Waals surface area contributed by atoms with E-state index in [1.807, 2.05) is 0 Å². The van der Waals surface area contributed by atoms with Crippen LogP contribution >= 0.6 is 0 Å². The van der Waals surface area contributed by atoms with E-state index >= 15 is 0 Å². The van der Waals surface area contributed by atoms with Gasteiger partial charge in [-0.3, -0.25) is 4.79 Å². The highest BCUT2D eigenvalue weighted by Crippen LogP contribution is 2.20. The number of amides is 2. The van der Waals surface area contributed by atoms with E-state index in [0.717, 1.165) is 6.07 Å². The summed E-state index contributed by atoms with van der Waals surface area (Å²) in [5.41, 5.74) is -0.257. The van der Waals surface area contributed by atoms with Crippen LogP contribution in [0, 0.1) is 17.6 Å². The molecule has 0 aliphatic carbocycles. The Morgan fingerprint density at radius 2 is 2.10 bits per heavy atom. The summed E-state index contributed by atoms with van der Waals surface area (Å²) in [4.78, 5) is 24.1. The molecule has 1 aromatic carbocycles. The maximum absolute atomic E-state index is 13.4. The molecular weight excluding hydrogens is 270 g/mol. The van der Waals surface area contributed by atoms with Crippen molar-refractivity contribution >= 4 is 17.7 Å². The van der Waals surface area contributed by atoms with Crippen LogP contribution in [0.2, 0.25) is 0 Å². The van der Waals surface area contributed by atoms with Crippen molar-refractivity contribution in [1.82, 2.24) is 4.90 Å². The van der Waals surface area contributed by atoms with Crippen molar-refractivity contribution in [3.63, 3.8) is 0 Å². The predicted molar refractivity (Wildman–Crippen MR) is 67.3 cm³/mol. The van der Waals surface area contributed by atoms with Gasteiger partial charge in [-0.25, -0.2) is 13.6 Å².